The first-order valence-corrected chi connectivity index (χ1v) is 10.0. The maximum atomic E-state index is 13.0. The number of azide groups is 1. The topological polar surface area (TPSA) is 162 Å². The van der Waals surface area contributed by atoms with Crippen LogP contribution in [0.2, 0.25) is 0 Å². The van der Waals surface area contributed by atoms with Gasteiger partial charge in [0.15, 0.2) is 17.9 Å². The van der Waals surface area contributed by atoms with Crippen molar-refractivity contribution in [1.82, 2.24) is 0 Å². The number of hydrogen-bond acceptors (Lipinski definition) is 8. The van der Waals surface area contributed by atoms with Crippen molar-refractivity contribution >= 4 is 11.6 Å². The van der Waals surface area contributed by atoms with Gasteiger partial charge >= 0.3 is 0 Å². The molecule has 2 aromatic carbocycles. The molecule has 1 aliphatic heterocycles. The Balaban J connectivity index is 1.67. The molecule has 0 radical (unpaired) electrons. The first-order chi connectivity index (χ1) is 15.2. The summed E-state index contributed by atoms with van der Waals surface area (Å²) in [5, 5.41) is 35.1. The fraction of sp³-hybridized carbons (Fsp3) is 0.364. The predicted octanol–water partition coefficient (Wildman–Crippen LogP) is 3.13. The first kappa shape index (κ1) is 21.8. The molecule has 0 bridgehead atoms. The van der Waals surface area contributed by atoms with Crippen molar-refractivity contribution in [3.63, 3.8) is 0 Å². The zero-order valence-corrected chi connectivity index (χ0v) is 17.3. The average molecular weight is 439 g/mol. The van der Waals surface area contributed by atoms with Gasteiger partial charge < -0.3 is 24.8 Å². The number of carbonyl (C=O) groups is 2. The van der Waals surface area contributed by atoms with Crippen LogP contribution in [-0.2, 0) is 9.47 Å². The molecule has 32 heavy (non-hydrogen) atoms. The fourth-order valence-electron chi connectivity index (χ4n) is 4.18. The molecule has 10 heteroatoms. The van der Waals surface area contributed by atoms with Crippen LogP contribution in [0.3, 0.4) is 0 Å². The number of phenols is 2. The molecule has 0 spiro atoms. The second-order valence-corrected chi connectivity index (χ2v) is 7.83. The highest BCUT2D eigenvalue weighted by Crippen LogP contribution is 2.43. The van der Waals surface area contributed by atoms with Crippen LogP contribution < -0.4 is 0 Å². The SMILES string of the molecule is C[C@H](O[C@@H]1C[C@@H](N=[N+]=[N-])[C@@H](O)[C@H](C)O1)c1cc(O)c2c(c1O)C(=O)c1ccccc1C2=O. The number of benzene rings is 2. The molecular weight excluding hydrogens is 418 g/mol. The molecule has 1 aliphatic carbocycles. The van der Waals surface area contributed by atoms with E-state index in [9.17, 15) is 24.9 Å². The van der Waals surface area contributed by atoms with E-state index in [-0.39, 0.29) is 34.2 Å². The Labute approximate surface area is 182 Å². The van der Waals surface area contributed by atoms with E-state index in [0.29, 0.717) is 0 Å². The minimum atomic E-state index is -0.994. The smallest absolute Gasteiger partial charge is 0.198 e. The Bertz CT molecular complexity index is 1160. The number of aromatic hydroxyl groups is 2. The van der Waals surface area contributed by atoms with Crippen LogP contribution in [0.1, 0.15) is 63.8 Å². The van der Waals surface area contributed by atoms with Gasteiger partial charge in [-0.05, 0) is 25.4 Å². The van der Waals surface area contributed by atoms with Gasteiger partial charge in [0, 0.05) is 28.0 Å². The van der Waals surface area contributed by atoms with Crippen molar-refractivity contribution in [3.8, 4) is 11.5 Å². The van der Waals surface area contributed by atoms with E-state index in [1.54, 1.807) is 26.0 Å². The van der Waals surface area contributed by atoms with E-state index in [0.717, 1.165) is 0 Å². The molecule has 0 unspecified atom stereocenters. The molecule has 3 N–H and O–H groups in total. The lowest BCUT2D eigenvalue weighted by atomic mass is 9.81. The van der Waals surface area contributed by atoms with Gasteiger partial charge in [-0.3, -0.25) is 9.59 Å². The highest BCUT2D eigenvalue weighted by atomic mass is 16.7. The molecule has 4 rings (SSSR count). The van der Waals surface area contributed by atoms with E-state index in [2.05, 4.69) is 10.0 Å². The highest BCUT2D eigenvalue weighted by molar-refractivity contribution is 6.30. The predicted molar refractivity (Wildman–Crippen MR) is 110 cm³/mol. The molecule has 2 aliphatic rings. The number of fused-ring (bicyclic) bond motifs is 2. The van der Waals surface area contributed by atoms with Crippen molar-refractivity contribution in [3.05, 3.63) is 68.6 Å². The van der Waals surface area contributed by atoms with Gasteiger partial charge in [-0.25, -0.2) is 0 Å². The maximum Gasteiger partial charge on any atom is 0.198 e. The number of nitrogens with zero attached hydrogens (tertiary/aromatic N) is 3. The summed E-state index contributed by atoms with van der Waals surface area (Å²) in [6.07, 6.45) is -3.34. The van der Waals surface area contributed by atoms with Crippen LogP contribution in [0.5, 0.6) is 11.5 Å². The minimum Gasteiger partial charge on any atom is -0.507 e. The third kappa shape index (κ3) is 3.49. The van der Waals surface area contributed by atoms with Crippen molar-refractivity contribution < 1.29 is 34.4 Å². The molecular formula is C22H21N3O7. The highest BCUT2D eigenvalue weighted by Gasteiger charge is 2.38. The molecule has 0 aromatic heterocycles. The summed E-state index contributed by atoms with van der Waals surface area (Å²) in [6, 6.07) is 6.62. The minimum absolute atomic E-state index is 0.0718. The standard InChI is InChI=1S/C22H21N3O7/c1-9(31-16-8-14(24-25-23)19(27)10(2)32-16)13-7-15(26)17-18(22(13)30)21(29)12-6-4-3-5-11(12)20(17)28/h3-7,9-10,14,16,19,26-27,30H,8H2,1-2H3/t9-,10-,14+,16-,19-/m0/s1. The summed E-state index contributed by atoms with van der Waals surface area (Å²) in [5.74, 6) is -2.05. The Kier molecular flexibility index (Phi) is 5.62. The van der Waals surface area contributed by atoms with Gasteiger partial charge in [-0.2, -0.15) is 0 Å². The van der Waals surface area contributed by atoms with Crippen LogP contribution in [0, 0.1) is 0 Å². The zero-order valence-electron chi connectivity index (χ0n) is 17.3. The van der Waals surface area contributed by atoms with Gasteiger partial charge in [0.05, 0.1) is 35.5 Å². The Hall–Kier alpha value is -3.43. The number of phenolic OH excluding ortho intramolecular Hbond substituents is 2. The number of aliphatic hydroxyl groups excluding tert-OH is 1. The summed E-state index contributed by atoms with van der Waals surface area (Å²) in [5.41, 5.74) is 8.56. The fourth-order valence-corrected chi connectivity index (χ4v) is 4.18. The van der Waals surface area contributed by atoms with Crippen LogP contribution >= 0.6 is 0 Å². The van der Waals surface area contributed by atoms with Gasteiger partial charge in [-0.1, -0.05) is 29.4 Å². The molecule has 1 saturated heterocycles. The van der Waals surface area contributed by atoms with Crippen LogP contribution in [-0.4, -0.2) is 51.4 Å². The molecule has 2 aromatic rings. The van der Waals surface area contributed by atoms with Crippen molar-refractivity contribution in [1.29, 1.82) is 0 Å². The number of ether oxygens (including phenoxy) is 2. The van der Waals surface area contributed by atoms with Gasteiger partial charge in [-0.15, -0.1) is 0 Å². The third-order valence-corrected chi connectivity index (χ3v) is 5.85. The lowest BCUT2D eigenvalue weighted by Crippen LogP contribution is -2.46. The number of hydrogen-bond donors (Lipinski definition) is 3. The van der Waals surface area contributed by atoms with Gasteiger partial charge in [0.1, 0.15) is 11.5 Å². The first-order valence-electron chi connectivity index (χ1n) is 10.0. The molecule has 1 heterocycles. The summed E-state index contributed by atoms with van der Waals surface area (Å²) in [7, 11) is 0. The van der Waals surface area contributed by atoms with Crippen LogP contribution in [0.4, 0.5) is 0 Å². The zero-order chi connectivity index (χ0) is 23.2. The molecule has 0 saturated carbocycles. The lowest BCUT2D eigenvalue weighted by molar-refractivity contribution is -0.238. The molecule has 0 amide bonds. The van der Waals surface area contributed by atoms with Crippen LogP contribution in [0.25, 0.3) is 10.4 Å². The van der Waals surface area contributed by atoms with Crippen molar-refractivity contribution in [2.75, 3.05) is 0 Å². The monoisotopic (exact) mass is 439 g/mol. The average Bonchev–Trinajstić information content (AvgIpc) is 2.76. The quantitative estimate of drug-likeness (QED) is 0.243. The van der Waals surface area contributed by atoms with Crippen LogP contribution in [0.15, 0.2) is 35.4 Å². The lowest BCUT2D eigenvalue weighted by Gasteiger charge is -2.37. The van der Waals surface area contributed by atoms with E-state index in [4.69, 9.17) is 15.0 Å². The van der Waals surface area contributed by atoms with Gasteiger partial charge in [0.2, 0.25) is 0 Å². The number of aliphatic hydroxyl groups is 1. The maximum absolute atomic E-state index is 13.0. The summed E-state index contributed by atoms with van der Waals surface area (Å²) >= 11 is 0. The van der Waals surface area contributed by atoms with Gasteiger partial charge in [0.25, 0.3) is 0 Å². The normalized spacial score (nSPS) is 25.5. The van der Waals surface area contributed by atoms with E-state index in [1.807, 2.05) is 0 Å². The third-order valence-electron chi connectivity index (χ3n) is 5.85. The summed E-state index contributed by atoms with van der Waals surface area (Å²) in [6.45, 7) is 3.18. The molecule has 1 fully saturated rings. The Morgan fingerprint density at radius 3 is 2.44 bits per heavy atom. The molecule has 166 valence electrons. The number of ketones is 2. The summed E-state index contributed by atoms with van der Waals surface area (Å²) in [4.78, 5) is 28.6. The largest absolute Gasteiger partial charge is 0.507 e. The second kappa shape index (κ2) is 8.25. The number of carbonyl (C=O) groups excluding carboxylic acids is 2. The van der Waals surface area contributed by atoms with Crippen molar-refractivity contribution in [2.45, 2.75) is 50.9 Å². The Morgan fingerprint density at radius 1 is 1.19 bits per heavy atom. The second-order valence-electron chi connectivity index (χ2n) is 7.83. The number of rotatable bonds is 4. The molecule has 5 atom stereocenters. The Morgan fingerprint density at radius 2 is 1.81 bits per heavy atom. The molecule has 10 nitrogen and oxygen atoms in total. The van der Waals surface area contributed by atoms with E-state index in [1.165, 1.54) is 18.2 Å². The van der Waals surface area contributed by atoms with E-state index >= 15 is 0 Å². The van der Waals surface area contributed by atoms with Crippen molar-refractivity contribution in [2.24, 2.45) is 5.11 Å². The summed E-state index contributed by atoms with van der Waals surface area (Å²) < 4.78 is 11.5. The van der Waals surface area contributed by atoms with E-state index < -0.39 is 53.7 Å².